The molecule has 0 radical (unpaired) electrons. The Morgan fingerprint density at radius 3 is 2.49 bits per heavy atom. The van der Waals surface area contributed by atoms with Gasteiger partial charge >= 0.3 is 5.97 Å². The van der Waals surface area contributed by atoms with E-state index in [-0.39, 0.29) is 6.54 Å². The maximum Gasteiger partial charge on any atom is 0.317 e. The Morgan fingerprint density at radius 2 is 1.83 bits per heavy atom. The Labute approximate surface area is 203 Å². The Hall–Kier alpha value is -4.18. The van der Waals surface area contributed by atoms with Gasteiger partial charge in [-0.2, -0.15) is 5.10 Å². The number of nitrogens with zero attached hydrogens (tertiary/aromatic N) is 5. The highest BCUT2D eigenvalue weighted by Gasteiger charge is 2.14. The van der Waals surface area contributed by atoms with Gasteiger partial charge in [0.25, 0.3) is 0 Å². The number of hydrogen-bond acceptors (Lipinski definition) is 8. The van der Waals surface area contributed by atoms with Crippen molar-refractivity contribution in [3.8, 4) is 22.8 Å². The molecule has 4 rings (SSSR count). The molecule has 2 aromatic heterocycles. The van der Waals surface area contributed by atoms with Crippen LogP contribution in [0, 0.1) is 0 Å². The summed E-state index contributed by atoms with van der Waals surface area (Å²) in [5, 5.41) is 16.0. The molecule has 0 amide bonds. The first-order chi connectivity index (χ1) is 17.0. The summed E-state index contributed by atoms with van der Waals surface area (Å²) in [6, 6.07) is 11.6. The summed E-state index contributed by atoms with van der Waals surface area (Å²) in [6.07, 6.45) is 6.13. The summed E-state index contributed by atoms with van der Waals surface area (Å²) in [5.74, 6) is 0.470. The Kier molecular flexibility index (Phi) is 7.41. The smallest absolute Gasteiger partial charge is 0.317 e. The fourth-order valence-corrected chi connectivity index (χ4v) is 3.77. The lowest BCUT2D eigenvalue weighted by molar-refractivity contribution is -0.135. The van der Waals surface area contributed by atoms with Crippen LogP contribution in [0.25, 0.3) is 22.3 Å². The molecule has 0 aliphatic heterocycles. The second-order valence-electron chi connectivity index (χ2n) is 7.98. The monoisotopic (exact) mass is 476 g/mol. The highest BCUT2D eigenvalue weighted by atomic mass is 16.5. The number of carbonyl (C=O) groups is 1. The Bertz CT molecular complexity index is 1300. The fraction of sp³-hybridized carbons (Fsp3) is 0.280. The van der Waals surface area contributed by atoms with E-state index < -0.39 is 5.97 Å². The minimum Gasteiger partial charge on any atom is -0.497 e. The number of aliphatic carboxylic acids is 1. The average molecular weight is 477 g/mol. The second kappa shape index (κ2) is 10.8. The quantitative estimate of drug-likeness (QED) is 0.315. The predicted molar refractivity (Wildman–Crippen MR) is 133 cm³/mol. The van der Waals surface area contributed by atoms with Gasteiger partial charge in [-0.3, -0.25) is 14.5 Å². The summed E-state index contributed by atoms with van der Waals surface area (Å²) >= 11 is 0. The maximum absolute atomic E-state index is 10.8. The molecular weight excluding hydrogens is 448 g/mol. The van der Waals surface area contributed by atoms with Gasteiger partial charge in [0.15, 0.2) is 0 Å². The highest BCUT2D eigenvalue weighted by Crippen LogP contribution is 2.34. The molecule has 2 aromatic carbocycles. The molecule has 182 valence electrons. The van der Waals surface area contributed by atoms with Crippen LogP contribution in [-0.4, -0.2) is 64.7 Å². The first kappa shape index (κ1) is 24.0. The van der Waals surface area contributed by atoms with E-state index in [4.69, 9.17) is 19.6 Å². The van der Waals surface area contributed by atoms with Crippen molar-refractivity contribution in [1.82, 2.24) is 25.1 Å². The molecule has 0 bridgehead atoms. The lowest BCUT2D eigenvalue weighted by Gasteiger charge is -2.26. The van der Waals surface area contributed by atoms with Crippen molar-refractivity contribution in [2.45, 2.75) is 6.42 Å². The third-order valence-corrected chi connectivity index (χ3v) is 5.50. The van der Waals surface area contributed by atoms with Crippen LogP contribution in [0.2, 0.25) is 0 Å². The third-order valence-electron chi connectivity index (χ3n) is 5.50. The molecule has 0 unspecified atom stereocenters. The fourth-order valence-electron chi connectivity index (χ4n) is 3.77. The number of aromatic nitrogens is 4. The van der Waals surface area contributed by atoms with Gasteiger partial charge in [0.2, 0.25) is 0 Å². The zero-order valence-corrected chi connectivity index (χ0v) is 19.9. The number of carboxylic acids is 1. The molecule has 0 fully saturated rings. The van der Waals surface area contributed by atoms with Crippen molar-refractivity contribution in [3.05, 3.63) is 55.0 Å². The van der Waals surface area contributed by atoms with Gasteiger partial charge < -0.3 is 24.8 Å². The molecule has 0 atom stereocenters. The summed E-state index contributed by atoms with van der Waals surface area (Å²) in [5.41, 5.74) is 4.99. The van der Waals surface area contributed by atoms with E-state index in [2.05, 4.69) is 20.3 Å². The van der Waals surface area contributed by atoms with E-state index in [1.54, 1.807) is 31.3 Å². The third kappa shape index (κ3) is 5.85. The molecule has 35 heavy (non-hydrogen) atoms. The van der Waals surface area contributed by atoms with Crippen LogP contribution in [0.1, 0.15) is 6.42 Å². The van der Waals surface area contributed by atoms with Gasteiger partial charge in [0.1, 0.15) is 11.5 Å². The number of fused-ring (bicyclic) bond motifs is 1. The van der Waals surface area contributed by atoms with Gasteiger partial charge in [0.05, 0.1) is 49.9 Å². The summed E-state index contributed by atoms with van der Waals surface area (Å²) in [7, 11) is 5.09. The maximum atomic E-state index is 10.8. The highest BCUT2D eigenvalue weighted by molar-refractivity contribution is 5.82. The Balaban J connectivity index is 1.69. The molecule has 2 heterocycles. The van der Waals surface area contributed by atoms with Crippen molar-refractivity contribution in [3.63, 3.8) is 0 Å². The van der Waals surface area contributed by atoms with Crippen LogP contribution >= 0.6 is 0 Å². The number of carboxylic acid groups (broad SMARTS) is 1. The van der Waals surface area contributed by atoms with Crippen LogP contribution in [0.15, 0.2) is 55.0 Å². The van der Waals surface area contributed by atoms with Crippen molar-refractivity contribution in [2.24, 2.45) is 7.05 Å². The van der Waals surface area contributed by atoms with Crippen LogP contribution in [-0.2, 0) is 11.8 Å². The second-order valence-corrected chi connectivity index (χ2v) is 7.98. The summed E-state index contributed by atoms with van der Waals surface area (Å²) in [4.78, 5) is 22.3. The predicted octanol–water partition coefficient (Wildman–Crippen LogP) is 3.25. The number of methoxy groups -OCH3 is 2. The topological polar surface area (TPSA) is 115 Å². The minimum absolute atomic E-state index is 0.0737. The molecule has 0 saturated carbocycles. The lowest BCUT2D eigenvalue weighted by atomic mass is 10.1. The van der Waals surface area contributed by atoms with Crippen molar-refractivity contribution >= 4 is 28.4 Å². The molecule has 10 heteroatoms. The molecule has 0 aliphatic rings. The Morgan fingerprint density at radius 1 is 1.06 bits per heavy atom. The molecule has 10 nitrogen and oxygen atoms in total. The number of anilines is 2. The van der Waals surface area contributed by atoms with Crippen LogP contribution in [0.3, 0.4) is 0 Å². The van der Waals surface area contributed by atoms with Crippen molar-refractivity contribution < 1.29 is 19.4 Å². The van der Waals surface area contributed by atoms with Crippen LogP contribution in [0.4, 0.5) is 11.4 Å². The molecule has 0 spiro atoms. The van der Waals surface area contributed by atoms with Crippen molar-refractivity contribution in [2.75, 3.05) is 38.8 Å². The standard InChI is InChI=1S/C25H28N6O4/c1-30-16-17(13-28-30)24-14-27-22-6-5-18(11-23(22)29-24)31(8-4-7-26-15-25(32)33)19-9-20(34-2)12-21(10-19)35-3/h5-6,9-14,16,26H,4,7-8,15H2,1-3H3,(H,32,33). The summed E-state index contributed by atoms with van der Waals surface area (Å²) in [6.45, 7) is 1.11. The van der Waals surface area contributed by atoms with Gasteiger partial charge in [-0.15, -0.1) is 0 Å². The molecule has 0 saturated heterocycles. The zero-order chi connectivity index (χ0) is 24.8. The largest absolute Gasteiger partial charge is 0.497 e. The number of benzene rings is 2. The number of nitrogens with one attached hydrogen (secondary N) is 1. The van der Waals surface area contributed by atoms with Crippen molar-refractivity contribution in [1.29, 1.82) is 0 Å². The van der Waals surface area contributed by atoms with E-state index >= 15 is 0 Å². The average Bonchev–Trinajstić information content (AvgIpc) is 3.31. The molecule has 0 aliphatic carbocycles. The van der Waals surface area contributed by atoms with Crippen LogP contribution in [0.5, 0.6) is 11.5 Å². The summed E-state index contributed by atoms with van der Waals surface area (Å²) < 4.78 is 12.7. The van der Waals surface area contributed by atoms with E-state index in [1.807, 2.05) is 49.6 Å². The number of hydrogen-bond donors (Lipinski definition) is 2. The number of aryl methyl sites for hydroxylation is 1. The van der Waals surface area contributed by atoms with Crippen LogP contribution < -0.4 is 19.7 Å². The van der Waals surface area contributed by atoms with Gasteiger partial charge in [0, 0.05) is 54.9 Å². The molecular formula is C25H28N6O4. The first-order valence-electron chi connectivity index (χ1n) is 11.2. The molecule has 2 N–H and O–H groups in total. The number of rotatable bonds is 11. The van der Waals surface area contributed by atoms with E-state index in [9.17, 15) is 4.79 Å². The van der Waals surface area contributed by atoms with Gasteiger partial charge in [-0.05, 0) is 31.2 Å². The minimum atomic E-state index is -0.878. The normalized spacial score (nSPS) is 10.9. The lowest BCUT2D eigenvalue weighted by Crippen LogP contribution is -2.27. The van der Waals surface area contributed by atoms with E-state index in [0.29, 0.717) is 31.0 Å². The molecule has 4 aromatic rings. The van der Waals surface area contributed by atoms with Gasteiger partial charge in [-0.25, -0.2) is 4.98 Å². The SMILES string of the molecule is COc1cc(OC)cc(N(CCCNCC(=O)O)c2ccc3ncc(-c4cnn(C)c4)nc3c2)c1. The number of ether oxygens (including phenoxy) is 2. The van der Waals surface area contributed by atoms with E-state index in [1.165, 1.54) is 0 Å². The van der Waals surface area contributed by atoms with E-state index in [0.717, 1.165) is 33.7 Å². The zero-order valence-electron chi connectivity index (χ0n) is 19.9. The first-order valence-corrected chi connectivity index (χ1v) is 11.2. The van der Waals surface area contributed by atoms with Gasteiger partial charge in [-0.1, -0.05) is 0 Å².